The average molecular weight is 344 g/mol. The second-order valence-electron chi connectivity index (χ2n) is 6.02. The zero-order valence-corrected chi connectivity index (χ0v) is 14.6. The van der Waals surface area contributed by atoms with E-state index in [4.69, 9.17) is 0 Å². The van der Waals surface area contributed by atoms with Crippen LogP contribution in [-0.2, 0) is 6.42 Å². The molecule has 2 rings (SSSR count). The molecule has 1 aromatic rings. The molecule has 1 heterocycles. The van der Waals surface area contributed by atoms with Gasteiger partial charge in [-0.1, -0.05) is 26.7 Å². The molecule has 0 saturated heterocycles. The highest BCUT2D eigenvalue weighted by Crippen LogP contribution is 2.36. The fraction of sp³-hybridized carbons (Fsp3) is 0.750. The number of hydrogen-bond acceptors (Lipinski definition) is 2. The Bertz CT molecular complexity index is 386. The first-order valence-corrected chi connectivity index (χ1v) is 9.31. The van der Waals surface area contributed by atoms with E-state index in [1.54, 1.807) is 0 Å². The summed E-state index contributed by atoms with van der Waals surface area (Å²) in [5, 5.41) is 5.99. The summed E-state index contributed by atoms with van der Waals surface area (Å²) >= 11 is 5.48. The van der Waals surface area contributed by atoms with Gasteiger partial charge in [-0.05, 0) is 59.5 Å². The van der Waals surface area contributed by atoms with Crippen LogP contribution in [0.15, 0.2) is 15.9 Å². The van der Waals surface area contributed by atoms with E-state index in [1.807, 2.05) is 11.3 Å². The number of thiophene rings is 1. The number of nitrogens with one attached hydrogen (secondary N) is 1. The van der Waals surface area contributed by atoms with Gasteiger partial charge in [-0.15, -0.1) is 11.3 Å². The van der Waals surface area contributed by atoms with Crippen molar-refractivity contribution >= 4 is 27.3 Å². The monoisotopic (exact) mass is 343 g/mol. The fourth-order valence-corrected chi connectivity index (χ4v) is 4.31. The highest BCUT2D eigenvalue weighted by atomic mass is 79.9. The molecule has 19 heavy (non-hydrogen) atoms. The van der Waals surface area contributed by atoms with Crippen molar-refractivity contribution in [3.63, 3.8) is 0 Å². The van der Waals surface area contributed by atoms with Crippen LogP contribution in [0.25, 0.3) is 0 Å². The van der Waals surface area contributed by atoms with Crippen molar-refractivity contribution in [3.8, 4) is 0 Å². The molecule has 0 bridgehead atoms. The van der Waals surface area contributed by atoms with Crippen molar-refractivity contribution in [2.24, 2.45) is 5.41 Å². The Kier molecular flexibility index (Phi) is 5.91. The van der Waals surface area contributed by atoms with Crippen LogP contribution in [0.2, 0.25) is 0 Å². The predicted molar refractivity (Wildman–Crippen MR) is 89.0 cm³/mol. The Hall–Kier alpha value is 0.140. The Balaban J connectivity index is 2.00. The quantitative estimate of drug-likeness (QED) is 0.633. The van der Waals surface area contributed by atoms with Crippen LogP contribution in [0, 0.1) is 5.41 Å². The fourth-order valence-electron chi connectivity index (χ4n) is 2.68. The molecule has 0 amide bonds. The first kappa shape index (κ1) is 15.5. The van der Waals surface area contributed by atoms with E-state index in [9.17, 15) is 0 Å². The Morgan fingerprint density at radius 1 is 1.42 bits per heavy atom. The molecule has 1 aromatic heterocycles. The van der Waals surface area contributed by atoms with Gasteiger partial charge in [0, 0.05) is 27.3 Å². The molecule has 1 aliphatic carbocycles. The van der Waals surface area contributed by atoms with Crippen molar-refractivity contribution in [2.45, 2.75) is 64.8 Å². The Labute approximate surface area is 130 Å². The standard InChI is InChI=1S/C16H26BrNS/c1-3-5-8-16(4-2,12-18-14-6-7-14)10-15-9-13(17)11-19-15/h9,11,14,18H,3-8,10,12H2,1-2H3. The van der Waals surface area contributed by atoms with Crippen molar-refractivity contribution in [3.05, 3.63) is 20.8 Å². The van der Waals surface area contributed by atoms with Crippen LogP contribution in [0.4, 0.5) is 0 Å². The molecule has 1 unspecified atom stereocenters. The zero-order valence-electron chi connectivity index (χ0n) is 12.2. The average Bonchev–Trinajstić information content (AvgIpc) is 3.16. The molecule has 1 atom stereocenters. The summed E-state index contributed by atoms with van der Waals surface area (Å²) in [5.74, 6) is 0. The molecule has 108 valence electrons. The number of rotatable bonds is 9. The molecule has 0 aliphatic heterocycles. The topological polar surface area (TPSA) is 12.0 Å². The van der Waals surface area contributed by atoms with Gasteiger partial charge in [-0.3, -0.25) is 0 Å². The molecule has 1 aliphatic rings. The lowest BCUT2D eigenvalue weighted by atomic mass is 9.76. The lowest BCUT2D eigenvalue weighted by Crippen LogP contribution is -2.36. The van der Waals surface area contributed by atoms with Gasteiger partial charge in [0.2, 0.25) is 0 Å². The molecular weight excluding hydrogens is 318 g/mol. The zero-order chi connectivity index (χ0) is 13.7. The molecule has 1 N–H and O–H groups in total. The smallest absolute Gasteiger partial charge is 0.0285 e. The van der Waals surface area contributed by atoms with Crippen molar-refractivity contribution in [1.82, 2.24) is 5.32 Å². The third-order valence-corrected chi connectivity index (χ3v) is 6.02. The van der Waals surface area contributed by atoms with Crippen LogP contribution < -0.4 is 5.32 Å². The van der Waals surface area contributed by atoms with E-state index in [-0.39, 0.29) is 0 Å². The summed E-state index contributed by atoms with van der Waals surface area (Å²) in [6.45, 7) is 5.87. The van der Waals surface area contributed by atoms with Crippen LogP contribution in [0.1, 0.15) is 57.2 Å². The summed E-state index contributed by atoms with van der Waals surface area (Å²) in [5.41, 5.74) is 0.461. The number of unbranched alkanes of at least 4 members (excludes halogenated alkanes) is 1. The van der Waals surface area contributed by atoms with Crippen LogP contribution >= 0.6 is 27.3 Å². The van der Waals surface area contributed by atoms with Crippen molar-refractivity contribution in [2.75, 3.05) is 6.54 Å². The van der Waals surface area contributed by atoms with Gasteiger partial charge in [0.25, 0.3) is 0 Å². The summed E-state index contributed by atoms with van der Waals surface area (Å²) < 4.78 is 1.24. The van der Waals surface area contributed by atoms with Crippen LogP contribution in [0.3, 0.4) is 0 Å². The van der Waals surface area contributed by atoms with Gasteiger partial charge in [-0.2, -0.15) is 0 Å². The molecule has 1 fully saturated rings. The van der Waals surface area contributed by atoms with E-state index < -0.39 is 0 Å². The van der Waals surface area contributed by atoms with E-state index in [2.05, 4.69) is 46.5 Å². The lowest BCUT2D eigenvalue weighted by Gasteiger charge is -2.33. The second-order valence-corrected chi connectivity index (χ2v) is 7.93. The van der Waals surface area contributed by atoms with Gasteiger partial charge in [0.15, 0.2) is 0 Å². The molecule has 1 nitrogen and oxygen atoms in total. The molecule has 0 spiro atoms. The SMILES string of the molecule is CCCCC(CC)(CNC1CC1)Cc1cc(Br)cs1. The first-order chi connectivity index (χ1) is 9.17. The van der Waals surface area contributed by atoms with E-state index in [0.29, 0.717) is 5.41 Å². The maximum Gasteiger partial charge on any atom is 0.0285 e. The Morgan fingerprint density at radius 3 is 2.74 bits per heavy atom. The molecule has 3 heteroatoms. The maximum atomic E-state index is 3.78. The largest absolute Gasteiger partial charge is 0.313 e. The first-order valence-electron chi connectivity index (χ1n) is 7.64. The van der Waals surface area contributed by atoms with Gasteiger partial charge in [0.05, 0.1) is 0 Å². The minimum absolute atomic E-state index is 0.461. The summed E-state index contributed by atoms with van der Waals surface area (Å²) in [4.78, 5) is 1.53. The van der Waals surface area contributed by atoms with E-state index in [1.165, 1.54) is 60.8 Å². The van der Waals surface area contributed by atoms with Gasteiger partial charge < -0.3 is 5.32 Å². The maximum absolute atomic E-state index is 3.78. The van der Waals surface area contributed by atoms with E-state index in [0.717, 1.165) is 6.04 Å². The third kappa shape index (κ3) is 4.87. The molecule has 1 saturated carbocycles. The van der Waals surface area contributed by atoms with Crippen LogP contribution in [0.5, 0.6) is 0 Å². The molecule has 0 radical (unpaired) electrons. The van der Waals surface area contributed by atoms with Gasteiger partial charge in [0.1, 0.15) is 0 Å². The van der Waals surface area contributed by atoms with E-state index >= 15 is 0 Å². The van der Waals surface area contributed by atoms with Crippen LogP contribution in [-0.4, -0.2) is 12.6 Å². The van der Waals surface area contributed by atoms with Crippen molar-refractivity contribution in [1.29, 1.82) is 0 Å². The molecular formula is C16H26BrNS. The minimum atomic E-state index is 0.461. The minimum Gasteiger partial charge on any atom is -0.313 e. The van der Waals surface area contributed by atoms with Gasteiger partial charge >= 0.3 is 0 Å². The summed E-state index contributed by atoms with van der Waals surface area (Å²) in [6, 6.07) is 3.13. The summed E-state index contributed by atoms with van der Waals surface area (Å²) in [6.07, 6.45) is 9.30. The second kappa shape index (κ2) is 7.24. The van der Waals surface area contributed by atoms with Gasteiger partial charge in [-0.25, -0.2) is 0 Å². The third-order valence-electron chi connectivity index (χ3n) is 4.32. The normalized spacial score (nSPS) is 18.5. The lowest BCUT2D eigenvalue weighted by molar-refractivity contribution is 0.229. The number of halogens is 1. The number of hydrogen-bond donors (Lipinski definition) is 1. The highest BCUT2D eigenvalue weighted by molar-refractivity contribution is 9.10. The highest BCUT2D eigenvalue weighted by Gasteiger charge is 2.31. The molecule has 0 aromatic carbocycles. The predicted octanol–water partition coefficient (Wildman–Crippen LogP) is 5.39. The summed E-state index contributed by atoms with van der Waals surface area (Å²) in [7, 11) is 0. The van der Waals surface area contributed by atoms with Crippen molar-refractivity contribution < 1.29 is 0 Å². The Morgan fingerprint density at radius 2 is 2.21 bits per heavy atom.